The standard InChI is InChI=1S/C26H41N3O3S/c1-20-7-6-10-25(21(20)2)27-26(30)19-28-15-17-29(18-16-28)33(31,32)24-13-11-23(12-14-24)22-8-4-3-5-9-22/h11-14,20-22,25H,3-10,15-19H2,1-2H3,(H,27,30)/t20-,21-,25+/m1/s1. The van der Waals surface area contributed by atoms with Crippen molar-refractivity contribution in [2.24, 2.45) is 11.8 Å². The molecule has 1 heterocycles. The Morgan fingerprint density at radius 1 is 0.909 bits per heavy atom. The van der Waals surface area contributed by atoms with E-state index in [0.717, 1.165) is 6.42 Å². The smallest absolute Gasteiger partial charge is 0.243 e. The van der Waals surface area contributed by atoms with Gasteiger partial charge in [0.25, 0.3) is 0 Å². The fraction of sp³-hybridized carbons (Fsp3) is 0.731. The molecule has 3 aliphatic rings. The summed E-state index contributed by atoms with van der Waals surface area (Å²) in [4.78, 5) is 15.1. The number of piperazine rings is 1. The first-order valence-electron chi connectivity index (χ1n) is 13.0. The number of carbonyl (C=O) groups is 1. The number of nitrogens with one attached hydrogen (secondary N) is 1. The number of hydrogen-bond donors (Lipinski definition) is 1. The summed E-state index contributed by atoms with van der Waals surface area (Å²) in [6.07, 6.45) is 9.75. The van der Waals surface area contributed by atoms with Crippen LogP contribution in [0.15, 0.2) is 29.2 Å². The Labute approximate surface area is 200 Å². The molecule has 0 bridgehead atoms. The van der Waals surface area contributed by atoms with E-state index in [1.807, 2.05) is 12.1 Å². The average Bonchev–Trinajstić information content (AvgIpc) is 2.83. The van der Waals surface area contributed by atoms with Gasteiger partial charge in [-0.25, -0.2) is 8.42 Å². The van der Waals surface area contributed by atoms with Crippen molar-refractivity contribution < 1.29 is 13.2 Å². The van der Waals surface area contributed by atoms with Crippen molar-refractivity contribution in [3.63, 3.8) is 0 Å². The lowest BCUT2D eigenvalue weighted by molar-refractivity contribution is -0.124. The van der Waals surface area contributed by atoms with Crippen LogP contribution in [0.3, 0.4) is 0 Å². The highest BCUT2D eigenvalue weighted by molar-refractivity contribution is 7.89. The van der Waals surface area contributed by atoms with Crippen molar-refractivity contribution in [1.29, 1.82) is 0 Å². The van der Waals surface area contributed by atoms with Gasteiger partial charge in [-0.15, -0.1) is 0 Å². The first-order chi connectivity index (χ1) is 15.8. The molecule has 1 saturated heterocycles. The second kappa shape index (κ2) is 10.9. The molecular weight excluding hydrogens is 434 g/mol. The van der Waals surface area contributed by atoms with Gasteiger partial charge in [0.2, 0.25) is 15.9 Å². The van der Waals surface area contributed by atoms with Crippen LogP contribution in [0, 0.1) is 11.8 Å². The summed E-state index contributed by atoms with van der Waals surface area (Å²) in [5, 5.41) is 3.23. The second-order valence-electron chi connectivity index (χ2n) is 10.5. The quantitative estimate of drug-likeness (QED) is 0.676. The molecule has 33 heavy (non-hydrogen) atoms. The Hall–Kier alpha value is -1.44. The van der Waals surface area contributed by atoms with Crippen LogP contribution in [0.4, 0.5) is 0 Å². The molecule has 1 aliphatic heterocycles. The monoisotopic (exact) mass is 475 g/mol. The lowest BCUT2D eigenvalue weighted by Gasteiger charge is -2.36. The van der Waals surface area contributed by atoms with Crippen LogP contribution in [0.5, 0.6) is 0 Å². The summed E-state index contributed by atoms with van der Waals surface area (Å²) in [5.41, 5.74) is 1.27. The summed E-state index contributed by atoms with van der Waals surface area (Å²) < 4.78 is 27.9. The largest absolute Gasteiger partial charge is 0.352 e. The maximum atomic E-state index is 13.2. The SMILES string of the molecule is C[C@@H]1[C@H](C)CCC[C@@H]1NC(=O)CN1CCN(S(=O)(=O)c2ccc(C3CCCCC3)cc2)CC1. The molecule has 4 rings (SSSR count). The van der Waals surface area contributed by atoms with E-state index in [1.54, 1.807) is 16.4 Å². The summed E-state index contributed by atoms with van der Waals surface area (Å²) in [6.45, 7) is 6.88. The van der Waals surface area contributed by atoms with E-state index in [9.17, 15) is 13.2 Å². The number of carbonyl (C=O) groups excluding carboxylic acids is 1. The molecule has 1 N–H and O–H groups in total. The zero-order chi connectivity index (χ0) is 23.4. The third-order valence-corrected chi connectivity index (χ3v) is 10.3. The third-order valence-electron chi connectivity index (χ3n) is 8.35. The fourth-order valence-electron chi connectivity index (χ4n) is 5.87. The van der Waals surface area contributed by atoms with Crippen molar-refractivity contribution in [1.82, 2.24) is 14.5 Å². The van der Waals surface area contributed by atoms with Crippen LogP contribution >= 0.6 is 0 Å². The summed E-state index contributed by atoms with van der Waals surface area (Å²) in [7, 11) is -3.49. The Bertz CT molecular complexity index is 888. The van der Waals surface area contributed by atoms with Crippen molar-refractivity contribution >= 4 is 15.9 Å². The number of sulfonamides is 1. The Morgan fingerprint density at radius 2 is 1.58 bits per heavy atom. The molecule has 3 fully saturated rings. The highest BCUT2D eigenvalue weighted by Crippen LogP contribution is 2.33. The highest BCUT2D eigenvalue weighted by atomic mass is 32.2. The van der Waals surface area contributed by atoms with Crippen LogP contribution in [-0.4, -0.2) is 62.3 Å². The van der Waals surface area contributed by atoms with Crippen molar-refractivity contribution in [3.8, 4) is 0 Å². The molecule has 0 radical (unpaired) electrons. The third kappa shape index (κ3) is 5.98. The Morgan fingerprint density at radius 3 is 2.24 bits per heavy atom. The van der Waals surface area contributed by atoms with Crippen LogP contribution in [0.25, 0.3) is 0 Å². The van der Waals surface area contributed by atoms with Gasteiger partial charge >= 0.3 is 0 Å². The first-order valence-corrected chi connectivity index (χ1v) is 14.4. The summed E-state index contributed by atoms with van der Waals surface area (Å²) in [6, 6.07) is 7.85. The van der Waals surface area contributed by atoms with Gasteiger partial charge in [-0.2, -0.15) is 4.31 Å². The number of amides is 1. The van der Waals surface area contributed by atoms with Crippen LogP contribution < -0.4 is 5.32 Å². The zero-order valence-electron chi connectivity index (χ0n) is 20.3. The van der Waals surface area contributed by atoms with Crippen LogP contribution in [0.2, 0.25) is 0 Å². The van der Waals surface area contributed by atoms with Gasteiger partial charge < -0.3 is 5.32 Å². The lowest BCUT2D eigenvalue weighted by Crippen LogP contribution is -2.52. The molecule has 0 spiro atoms. The van der Waals surface area contributed by atoms with E-state index in [0.29, 0.717) is 55.4 Å². The molecule has 1 aromatic rings. The molecule has 6 nitrogen and oxygen atoms in total. The van der Waals surface area contributed by atoms with Gasteiger partial charge in [0.15, 0.2) is 0 Å². The Balaban J connectivity index is 1.27. The Kier molecular flexibility index (Phi) is 8.13. The van der Waals surface area contributed by atoms with E-state index in [1.165, 1.54) is 50.5 Å². The van der Waals surface area contributed by atoms with E-state index < -0.39 is 10.0 Å². The van der Waals surface area contributed by atoms with Gasteiger partial charge in [-0.05, 0) is 54.7 Å². The number of hydrogen-bond acceptors (Lipinski definition) is 4. The van der Waals surface area contributed by atoms with Gasteiger partial charge in [0.05, 0.1) is 11.4 Å². The maximum Gasteiger partial charge on any atom is 0.243 e. The minimum Gasteiger partial charge on any atom is -0.352 e. The minimum atomic E-state index is -3.49. The van der Waals surface area contributed by atoms with Crippen molar-refractivity contribution in [3.05, 3.63) is 29.8 Å². The number of nitrogens with zero attached hydrogens (tertiary/aromatic N) is 2. The summed E-state index contributed by atoms with van der Waals surface area (Å²) in [5.74, 6) is 1.80. The zero-order valence-corrected chi connectivity index (χ0v) is 21.2. The first kappa shape index (κ1) is 24.7. The molecule has 0 unspecified atom stereocenters. The van der Waals surface area contributed by atoms with Gasteiger partial charge in [0, 0.05) is 32.2 Å². The maximum absolute atomic E-state index is 13.2. The predicted octanol–water partition coefficient (Wildman–Crippen LogP) is 3.98. The fourth-order valence-corrected chi connectivity index (χ4v) is 7.29. The van der Waals surface area contributed by atoms with Crippen LogP contribution in [-0.2, 0) is 14.8 Å². The molecule has 184 valence electrons. The molecule has 7 heteroatoms. The normalized spacial score (nSPS) is 28.5. The minimum absolute atomic E-state index is 0.0653. The molecule has 0 aromatic heterocycles. The van der Waals surface area contributed by atoms with E-state index in [-0.39, 0.29) is 11.9 Å². The van der Waals surface area contributed by atoms with Gasteiger partial charge in [-0.3, -0.25) is 9.69 Å². The molecule has 1 amide bonds. The van der Waals surface area contributed by atoms with E-state index in [4.69, 9.17) is 0 Å². The molecule has 2 aliphatic carbocycles. The van der Waals surface area contributed by atoms with E-state index >= 15 is 0 Å². The summed E-state index contributed by atoms with van der Waals surface area (Å²) >= 11 is 0. The number of benzene rings is 1. The average molecular weight is 476 g/mol. The molecule has 2 saturated carbocycles. The van der Waals surface area contributed by atoms with Crippen LogP contribution in [0.1, 0.15) is 76.7 Å². The van der Waals surface area contributed by atoms with Crippen molar-refractivity contribution in [2.75, 3.05) is 32.7 Å². The molecule has 3 atom stereocenters. The number of rotatable bonds is 6. The molecular formula is C26H41N3O3S. The highest BCUT2D eigenvalue weighted by Gasteiger charge is 2.31. The van der Waals surface area contributed by atoms with E-state index in [2.05, 4.69) is 24.1 Å². The van der Waals surface area contributed by atoms with Crippen molar-refractivity contribution in [2.45, 2.75) is 82.1 Å². The van der Waals surface area contributed by atoms with Gasteiger partial charge in [-0.1, -0.05) is 58.1 Å². The molecule has 1 aromatic carbocycles. The van der Waals surface area contributed by atoms with Gasteiger partial charge in [0.1, 0.15) is 0 Å². The predicted molar refractivity (Wildman–Crippen MR) is 132 cm³/mol. The lowest BCUT2D eigenvalue weighted by atomic mass is 9.78. The second-order valence-corrected chi connectivity index (χ2v) is 12.5. The topological polar surface area (TPSA) is 69.7 Å².